The normalized spacial score (nSPS) is 20.2. The summed E-state index contributed by atoms with van der Waals surface area (Å²) in [6.45, 7) is 5.08. The number of halogens is 3. The number of thioether (sulfide) groups is 1. The van der Waals surface area contributed by atoms with Crippen LogP contribution in [0.4, 0.5) is 18.9 Å². The van der Waals surface area contributed by atoms with Crippen molar-refractivity contribution in [3.63, 3.8) is 0 Å². The van der Waals surface area contributed by atoms with Crippen LogP contribution >= 0.6 is 11.8 Å². The van der Waals surface area contributed by atoms with Crippen LogP contribution in [-0.2, 0) is 16.0 Å². The first kappa shape index (κ1) is 27.3. The largest absolute Gasteiger partial charge is 0.573 e. The van der Waals surface area contributed by atoms with Crippen LogP contribution in [0.25, 0.3) is 0 Å². The van der Waals surface area contributed by atoms with E-state index in [0.29, 0.717) is 42.9 Å². The molecule has 0 spiro atoms. The van der Waals surface area contributed by atoms with Crippen LogP contribution in [0, 0.1) is 0 Å². The summed E-state index contributed by atoms with van der Waals surface area (Å²) in [6, 6.07) is 10.6. The van der Waals surface area contributed by atoms with Crippen LogP contribution in [0.3, 0.4) is 0 Å². The number of aliphatic hydroxyl groups excluding tert-OH is 1. The summed E-state index contributed by atoms with van der Waals surface area (Å²) in [4.78, 5) is 30.2. The van der Waals surface area contributed by atoms with E-state index in [9.17, 15) is 27.9 Å². The molecule has 2 N–H and O–H groups in total. The maximum Gasteiger partial charge on any atom is 0.573 e. The monoisotopic (exact) mass is 537 g/mol. The van der Waals surface area contributed by atoms with E-state index in [1.165, 1.54) is 34.9 Å². The van der Waals surface area contributed by atoms with E-state index in [2.05, 4.69) is 10.1 Å². The standard InChI is InChI=1S/C26H30F3N3O4S/c1-25(2)24(35)30-20-11-16(7-8-22(20)37-25)12-23(34)31(3)21(15-32-10-9-18(33)14-32)17-5-4-6-19(13-17)36-26(27,28)29/h4-8,11,13,18,21,33H,9-10,12,14-15H2,1-3H3,(H,30,35)/t18-,21+/m0/s1. The zero-order valence-electron chi connectivity index (χ0n) is 20.8. The van der Waals surface area contributed by atoms with Crippen LogP contribution < -0.4 is 10.1 Å². The number of nitrogens with zero attached hydrogens (tertiary/aromatic N) is 2. The molecule has 7 nitrogen and oxygen atoms in total. The van der Waals surface area contributed by atoms with Gasteiger partial charge in [-0.2, -0.15) is 0 Å². The number of hydrogen-bond donors (Lipinski definition) is 2. The van der Waals surface area contributed by atoms with E-state index < -0.39 is 23.3 Å². The van der Waals surface area contributed by atoms with Gasteiger partial charge in [0.25, 0.3) is 0 Å². The number of likely N-dealkylation sites (tertiary alicyclic amines) is 1. The highest BCUT2D eigenvalue weighted by molar-refractivity contribution is 8.01. The molecule has 4 rings (SSSR count). The summed E-state index contributed by atoms with van der Waals surface area (Å²) < 4.78 is 41.9. The number of nitrogens with one attached hydrogen (secondary N) is 1. The van der Waals surface area contributed by atoms with Gasteiger partial charge in [-0.25, -0.2) is 0 Å². The first-order valence-electron chi connectivity index (χ1n) is 12.0. The third kappa shape index (κ3) is 6.77. The van der Waals surface area contributed by atoms with E-state index in [1.54, 1.807) is 19.2 Å². The Morgan fingerprint density at radius 1 is 1.30 bits per heavy atom. The highest BCUT2D eigenvalue weighted by atomic mass is 32.2. The van der Waals surface area contributed by atoms with Crippen LogP contribution in [-0.4, -0.2) is 70.6 Å². The van der Waals surface area contributed by atoms with Crippen molar-refractivity contribution in [1.82, 2.24) is 9.80 Å². The molecule has 2 atom stereocenters. The number of carbonyl (C=O) groups excluding carboxylic acids is 2. The van der Waals surface area contributed by atoms with E-state index in [1.807, 2.05) is 30.9 Å². The molecule has 0 aliphatic carbocycles. The predicted octanol–water partition coefficient (Wildman–Crippen LogP) is 4.22. The molecule has 0 saturated carbocycles. The lowest BCUT2D eigenvalue weighted by atomic mass is 10.0. The summed E-state index contributed by atoms with van der Waals surface area (Å²) in [6.07, 6.45) is -4.66. The Morgan fingerprint density at radius 3 is 2.73 bits per heavy atom. The van der Waals surface area contributed by atoms with Gasteiger partial charge in [-0.15, -0.1) is 24.9 Å². The van der Waals surface area contributed by atoms with Gasteiger partial charge in [0.15, 0.2) is 0 Å². The lowest BCUT2D eigenvalue weighted by molar-refractivity contribution is -0.274. The van der Waals surface area contributed by atoms with Gasteiger partial charge in [-0.3, -0.25) is 14.5 Å². The fraction of sp³-hybridized carbons (Fsp3) is 0.462. The van der Waals surface area contributed by atoms with Crippen molar-refractivity contribution in [2.24, 2.45) is 0 Å². The molecule has 2 aliphatic rings. The van der Waals surface area contributed by atoms with Gasteiger partial charge in [-0.05, 0) is 55.7 Å². The van der Waals surface area contributed by atoms with Gasteiger partial charge in [-0.1, -0.05) is 18.2 Å². The molecule has 0 unspecified atom stereocenters. The van der Waals surface area contributed by atoms with Gasteiger partial charge < -0.3 is 20.1 Å². The summed E-state index contributed by atoms with van der Waals surface area (Å²) >= 11 is 1.46. The number of β-amino-alcohol motifs (C(OH)–C–C–N with tert-alkyl or cyclic N) is 1. The number of alkyl halides is 3. The number of likely N-dealkylation sites (N-methyl/N-ethyl adjacent to an activating group) is 1. The number of carbonyl (C=O) groups is 2. The first-order valence-corrected chi connectivity index (χ1v) is 12.8. The van der Waals surface area contributed by atoms with Gasteiger partial charge in [0.1, 0.15) is 5.75 Å². The van der Waals surface area contributed by atoms with Gasteiger partial charge >= 0.3 is 6.36 Å². The molecule has 1 fully saturated rings. The number of amides is 2. The summed E-state index contributed by atoms with van der Waals surface area (Å²) in [7, 11) is 1.62. The van der Waals surface area contributed by atoms with Crippen LogP contribution in [0.15, 0.2) is 47.4 Å². The molecule has 2 aromatic rings. The van der Waals surface area contributed by atoms with Crippen molar-refractivity contribution in [3.05, 3.63) is 53.6 Å². The molecule has 37 heavy (non-hydrogen) atoms. The van der Waals surface area contributed by atoms with Crippen molar-refractivity contribution in [3.8, 4) is 5.75 Å². The van der Waals surface area contributed by atoms with Crippen molar-refractivity contribution >= 4 is 29.3 Å². The minimum absolute atomic E-state index is 0.0472. The topological polar surface area (TPSA) is 82.1 Å². The molecule has 2 heterocycles. The second kappa shape index (κ2) is 10.5. The van der Waals surface area contributed by atoms with Gasteiger partial charge in [0, 0.05) is 31.6 Å². The third-order valence-corrected chi connectivity index (χ3v) is 7.85. The Morgan fingerprint density at radius 2 is 2.05 bits per heavy atom. The molecule has 1 saturated heterocycles. The first-order chi connectivity index (χ1) is 17.3. The van der Waals surface area contributed by atoms with Crippen molar-refractivity contribution in [2.45, 2.75) is 54.8 Å². The maximum atomic E-state index is 13.4. The number of hydrogen-bond acceptors (Lipinski definition) is 6. The van der Waals surface area contributed by atoms with E-state index >= 15 is 0 Å². The van der Waals surface area contributed by atoms with E-state index in [0.717, 1.165) is 4.90 Å². The molecule has 0 aromatic heterocycles. The number of fused-ring (bicyclic) bond motifs is 1. The number of anilines is 1. The fourth-order valence-corrected chi connectivity index (χ4v) is 5.58. The summed E-state index contributed by atoms with van der Waals surface area (Å²) in [5.74, 6) is -0.704. The Hall–Kier alpha value is -2.76. The van der Waals surface area contributed by atoms with Crippen LogP contribution in [0.1, 0.15) is 37.4 Å². The average molecular weight is 538 g/mol. The fourth-order valence-electron chi connectivity index (χ4n) is 4.53. The molecule has 2 amide bonds. The zero-order valence-corrected chi connectivity index (χ0v) is 21.7. The Balaban J connectivity index is 1.55. The van der Waals surface area contributed by atoms with Crippen LogP contribution in [0.2, 0.25) is 0 Å². The van der Waals surface area contributed by atoms with Crippen LogP contribution in [0.5, 0.6) is 5.75 Å². The Kier molecular flexibility index (Phi) is 7.77. The average Bonchev–Trinajstić information content (AvgIpc) is 3.21. The van der Waals surface area contributed by atoms with E-state index in [4.69, 9.17) is 0 Å². The summed E-state index contributed by atoms with van der Waals surface area (Å²) in [5, 5.41) is 12.8. The van der Waals surface area contributed by atoms with Crippen molar-refractivity contribution in [1.29, 1.82) is 0 Å². The number of ether oxygens (including phenoxy) is 1. The smallest absolute Gasteiger partial charge is 0.406 e. The molecule has 200 valence electrons. The SMILES string of the molecule is CN(C(=O)Cc1ccc2c(c1)NC(=O)C(C)(C)S2)[C@H](CN1CC[C@H](O)C1)c1cccc(OC(F)(F)F)c1. The molecular formula is C26H30F3N3O4S. The molecule has 0 bridgehead atoms. The Bertz CT molecular complexity index is 1170. The third-order valence-electron chi connectivity index (χ3n) is 6.58. The number of aliphatic hydroxyl groups is 1. The lowest BCUT2D eigenvalue weighted by Crippen LogP contribution is -2.39. The molecule has 2 aromatic carbocycles. The number of rotatable bonds is 7. The zero-order chi connectivity index (χ0) is 27.0. The highest BCUT2D eigenvalue weighted by Crippen LogP contribution is 2.42. The predicted molar refractivity (Wildman–Crippen MR) is 134 cm³/mol. The van der Waals surface area contributed by atoms with Crippen molar-refractivity contribution < 1.29 is 32.6 Å². The second-order valence-electron chi connectivity index (χ2n) is 9.92. The minimum atomic E-state index is -4.83. The molecular weight excluding hydrogens is 507 g/mol. The van der Waals surface area contributed by atoms with Gasteiger partial charge in [0.05, 0.1) is 29.0 Å². The quantitative estimate of drug-likeness (QED) is 0.551. The van der Waals surface area contributed by atoms with E-state index in [-0.39, 0.29) is 24.0 Å². The van der Waals surface area contributed by atoms with Gasteiger partial charge in [0.2, 0.25) is 11.8 Å². The maximum absolute atomic E-state index is 13.4. The van der Waals surface area contributed by atoms with Crippen molar-refractivity contribution in [2.75, 3.05) is 32.0 Å². The Labute approximate surface area is 218 Å². The molecule has 0 radical (unpaired) electrons. The minimum Gasteiger partial charge on any atom is -0.406 e. The molecule has 11 heteroatoms. The lowest BCUT2D eigenvalue weighted by Gasteiger charge is -2.33. The summed E-state index contributed by atoms with van der Waals surface area (Å²) in [5.41, 5.74) is 1.86. The highest BCUT2D eigenvalue weighted by Gasteiger charge is 2.35. The second-order valence-corrected chi connectivity index (χ2v) is 11.6. The molecule has 2 aliphatic heterocycles. The number of benzene rings is 2.